The number of nitrogens with zero attached hydrogens (tertiary/aromatic N) is 1. The normalized spacial score (nSPS) is 24.7. The van der Waals surface area contributed by atoms with Gasteiger partial charge >= 0.3 is 0 Å². The van der Waals surface area contributed by atoms with Gasteiger partial charge in [0.25, 0.3) is 0 Å². The maximum atomic E-state index is 12.2. The van der Waals surface area contributed by atoms with E-state index in [0.29, 0.717) is 30.6 Å². The van der Waals surface area contributed by atoms with E-state index >= 15 is 0 Å². The van der Waals surface area contributed by atoms with Crippen LogP contribution in [0.4, 0.5) is 0 Å². The average molecular weight is 338 g/mol. The highest BCUT2D eigenvalue weighted by molar-refractivity contribution is 5.81. The summed E-state index contributed by atoms with van der Waals surface area (Å²) in [6, 6.07) is 0.678. The van der Waals surface area contributed by atoms with Gasteiger partial charge in [-0.3, -0.25) is 14.5 Å². The molecular formula is C19H35N3O2. The van der Waals surface area contributed by atoms with Crippen LogP contribution in [0, 0.1) is 11.3 Å². The van der Waals surface area contributed by atoms with Crippen molar-refractivity contribution < 1.29 is 9.59 Å². The smallest absolute Gasteiger partial charge is 0.234 e. The third-order valence-electron chi connectivity index (χ3n) is 5.88. The van der Waals surface area contributed by atoms with E-state index in [1.807, 2.05) is 7.05 Å². The van der Waals surface area contributed by atoms with E-state index in [9.17, 15) is 9.59 Å². The largest absolute Gasteiger partial charge is 0.352 e. The van der Waals surface area contributed by atoms with Gasteiger partial charge in [0.15, 0.2) is 0 Å². The Morgan fingerprint density at radius 1 is 0.917 bits per heavy atom. The minimum absolute atomic E-state index is 0.0232. The molecule has 0 saturated heterocycles. The fraction of sp³-hybridized carbons (Fsp3) is 0.895. The topological polar surface area (TPSA) is 61.4 Å². The number of hydrogen-bond donors (Lipinski definition) is 2. The van der Waals surface area contributed by atoms with E-state index in [1.54, 1.807) is 4.90 Å². The van der Waals surface area contributed by atoms with Crippen LogP contribution in [0.15, 0.2) is 0 Å². The van der Waals surface area contributed by atoms with Crippen molar-refractivity contribution in [3.05, 3.63) is 0 Å². The van der Waals surface area contributed by atoms with Gasteiger partial charge in [-0.2, -0.15) is 0 Å². The lowest BCUT2D eigenvalue weighted by atomic mass is 9.69. The summed E-state index contributed by atoms with van der Waals surface area (Å²) in [4.78, 5) is 25.7. The highest BCUT2D eigenvalue weighted by Crippen LogP contribution is 2.40. The highest BCUT2D eigenvalue weighted by Gasteiger charge is 2.32. The molecule has 2 saturated carbocycles. The van der Waals surface area contributed by atoms with E-state index < -0.39 is 0 Å². The lowest BCUT2D eigenvalue weighted by Crippen LogP contribution is -2.45. The molecule has 138 valence electrons. The van der Waals surface area contributed by atoms with Gasteiger partial charge in [0.1, 0.15) is 0 Å². The molecule has 0 bridgehead atoms. The van der Waals surface area contributed by atoms with Crippen LogP contribution in [0.25, 0.3) is 0 Å². The zero-order chi connectivity index (χ0) is 17.7. The summed E-state index contributed by atoms with van der Waals surface area (Å²) < 4.78 is 0. The molecule has 0 aliphatic heterocycles. The van der Waals surface area contributed by atoms with Crippen LogP contribution in [-0.4, -0.2) is 48.9 Å². The van der Waals surface area contributed by atoms with Gasteiger partial charge in [-0.1, -0.05) is 27.2 Å². The molecule has 0 aromatic carbocycles. The molecule has 0 aromatic heterocycles. The third kappa shape index (κ3) is 6.08. The fourth-order valence-electron chi connectivity index (χ4n) is 3.63. The van der Waals surface area contributed by atoms with Crippen LogP contribution in [0.3, 0.4) is 0 Å². The maximum Gasteiger partial charge on any atom is 0.234 e. The Labute approximate surface area is 146 Å². The van der Waals surface area contributed by atoms with E-state index in [1.165, 1.54) is 19.3 Å². The Kier molecular flexibility index (Phi) is 6.67. The summed E-state index contributed by atoms with van der Waals surface area (Å²) in [5, 5.41) is 6.11. The SMILES string of the molecule is CCC(C)(C)C1CCC(NC(=O)CN(C)CC(=O)NC2CC2)CC1. The number of likely N-dealkylation sites (N-methyl/N-ethyl adjacent to an activating group) is 1. The van der Waals surface area contributed by atoms with Crippen molar-refractivity contribution in [2.24, 2.45) is 11.3 Å². The number of carbonyl (C=O) groups excluding carboxylic acids is 2. The van der Waals surface area contributed by atoms with Crippen LogP contribution in [0.1, 0.15) is 65.7 Å². The van der Waals surface area contributed by atoms with Gasteiger partial charge in [0.2, 0.25) is 11.8 Å². The summed E-state index contributed by atoms with van der Waals surface area (Å²) in [6.07, 6.45) is 7.94. The lowest BCUT2D eigenvalue weighted by Gasteiger charge is -2.39. The monoisotopic (exact) mass is 337 g/mol. The van der Waals surface area contributed by atoms with Crippen molar-refractivity contribution >= 4 is 11.8 Å². The molecule has 2 N–H and O–H groups in total. The van der Waals surface area contributed by atoms with Crippen LogP contribution >= 0.6 is 0 Å². The number of carbonyl (C=O) groups is 2. The van der Waals surface area contributed by atoms with Gasteiger partial charge in [-0.25, -0.2) is 0 Å². The van der Waals surface area contributed by atoms with Gasteiger partial charge in [0, 0.05) is 12.1 Å². The van der Waals surface area contributed by atoms with Crippen LogP contribution in [0.2, 0.25) is 0 Å². The first-order valence-electron chi connectivity index (χ1n) is 9.57. The third-order valence-corrected chi connectivity index (χ3v) is 5.88. The first-order chi connectivity index (χ1) is 11.3. The fourth-order valence-corrected chi connectivity index (χ4v) is 3.63. The summed E-state index contributed by atoms with van der Waals surface area (Å²) in [5.74, 6) is 0.828. The number of amides is 2. The number of nitrogens with one attached hydrogen (secondary N) is 2. The minimum atomic E-state index is 0.0232. The van der Waals surface area contributed by atoms with Gasteiger partial charge in [0.05, 0.1) is 13.1 Å². The highest BCUT2D eigenvalue weighted by atomic mass is 16.2. The van der Waals surface area contributed by atoms with E-state index in [4.69, 9.17) is 0 Å². The van der Waals surface area contributed by atoms with Crippen LogP contribution < -0.4 is 10.6 Å². The first kappa shape index (κ1) is 19.2. The summed E-state index contributed by atoms with van der Waals surface area (Å²) in [5.41, 5.74) is 0.407. The lowest BCUT2D eigenvalue weighted by molar-refractivity contribution is -0.125. The Morgan fingerprint density at radius 2 is 1.33 bits per heavy atom. The molecule has 2 amide bonds. The second kappa shape index (κ2) is 8.32. The molecule has 5 heteroatoms. The predicted octanol–water partition coefficient (Wildman–Crippen LogP) is 2.31. The van der Waals surface area contributed by atoms with E-state index in [-0.39, 0.29) is 11.8 Å². The van der Waals surface area contributed by atoms with Crippen LogP contribution in [-0.2, 0) is 9.59 Å². The summed E-state index contributed by atoms with van der Waals surface area (Å²) in [7, 11) is 1.83. The number of rotatable bonds is 8. The summed E-state index contributed by atoms with van der Waals surface area (Å²) >= 11 is 0. The van der Waals surface area contributed by atoms with E-state index in [2.05, 4.69) is 31.4 Å². The molecule has 0 aromatic rings. The Morgan fingerprint density at radius 3 is 1.71 bits per heavy atom. The Bertz CT molecular complexity index is 438. The van der Waals surface area contributed by atoms with Gasteiger partial charge in [-0.15, -0.1) is 0 Å². The molecule has 0 atom stereocenters. The van der Waals surface area contributed by atoms with Crippen molar-refractivity contribution in [2.75, 3.05) is 20.1 Å². The molecule has 0 spiro atoms. The Balaban J connectivity index is 1.64. The zero-order valence-electron chi connectivity index (χ0n) is 15.9. The predicted molar refractivity (Wildman–Crippen MR) is 96.6 cm³/mol. The number of hydrogen-bond acceptors (Lipinski definition) is 3. The molecule has 0 unspecified atom stereocenters. The molecular weight excluding hydrogens is 302 g/mol. The molecule has 2 rings (SSSR count). The quantitative estimate of drug-likeness (QED) is 0.714. The van der Waals surface area contributed by atoms with Gasteiger partial charge in [-0.05, 0) is 56.9 Å². The molecule has 5 nitrogen and oxygen atoms in total. The van der Waals surface area contributed by atoms with Crippen molar-refractivity contribution in [2.45, 2.75) is 77.8 Å². The molecule has 2 aliphatic rings. The molecule has 2 fully saturated rings. The second-order valence-corrected chi connectivity index (χ2v) is 8.47. The van der Waals surface area contributed by atoms with Crippen molar-refractivity contribution in [1.29, 1.82) is 0 Å². The molecule has 0 radical (unpaired) electrons. The van der Waals surface area contributed by atoms with Crippen molar-refractivity contribution in [3.8, 4) is 0 Å². The minimum Gasteiger partial charge on any atom is -0.352 e. The molecule has 0 heterocycles. The molecule has 2 aliphatic carbocycles. The standard InChI is InChI=1S/C19H35N3O2/c1-5-19(2,3)14-6-8-15(9-7-14)20-17(23)12-22(4)13-18(24)21-16-10-11-16/h14-16H,5-13H2,1-4H3,(H,20,23)(H,21,24). The maximum absolute atomic E-state index is 12.2. The Hall–Kier alpha value is -1.10. The first-order valence-corrected chi connectivity index (χ1v) is 9.57. The van der Waals surface area contributed by atoms with E-state index in [0.717, 1.165) is 31.6 Å². The average Bonchev–Trinajstić information content (AvgIpc) is 3.31. The summed E-state index contributed by atoms with van der Waals surface area (Å²) in [6.45, 7) is 7.57. The second-order valence-electron chi connectivity index (χ2n) is 8.47. The van der Waals surface area contributed by atoms with Gasteiger partial charge < -0.3 is 10.6 Å². The van der Waals surface area contributed by atoms with Crippen molar-refractivity contribution in [3.63, 3.8) is 0 Å². The van der Waals surface area contributed by atoms with Crippen LogP contribution in [0.5, 0.6) is 0 Å². The van der Waals surface area contributed by atoms with Crippen molar-refractivity contribution in [1.82, 2.24) is 15.5 Å². The zero-order valence-corrected chi connectivity index (χ0v) is 15.9. The molecule has 24 heavy (non-hydrogen) atoms.